The van der Waals surface area contributed by atoms with Crippen LogP contribution in [-0.4, -0.2) is 21.7 Å². The van der Waals surface area contributed by atoms with Gasteiger partial charge in [0.25, 0.3) is 17.3 Å². The van der Waals surface area contributed by atoms with Crippen LogP contribution >= 0.6 is 11.6 Å². The summed E-state index contributed by atoms with van der Waals surface area (Å²) in [6.07, 6.45) is 1.23. The number of nitriles is 1. The molecule has 0 atom stereocenters. The molecule has 0 aliphatic heterocycles. The van der Waals surface area contributed by atoms with Gasteiger partial charge >= 0.3 is 5.97 Å². The molecule has 0 heterocycles. The average Bonchev–Trinajstić information content (AvgIpc) is 2.84. The Kier molecular flexibility index (Phi) is 7.50. The lowest BCUT2D eigenvalue weighted by Gasteiger charge is -2.07. The number of hydrogen-bond acceptors (Lipinski definition) is 8. The third-order valence-electron chi connectivity index (χ3n) is 4.49. The molecule has 3 rings (SSSR count). The van der Waals surface area contributed by atoms with E-state index < -0.39 is 33.1 Å². The van der Waals surface area contributed by atoms with Gasteiger partial charge in [0, 0.05) is 17.2 Å². The Morgan fingerprint density at radius 1 is 0.971 bits per heavy atom. The van der Waals surface area contributed by atoms with E-state index in [1.165, 1.54) is 66.7 Å². The summed E-state index contributed by atoms with van der Waals surface area (Å²) >= 11 is 5.75. The molecule has 1 amide bonds. The van der Waals surface area contributed by atoms with Crippen molar-refractivity contribution in [2.24, 2.45) is 0 Å². The van der Waals surface area contributed by atoms with Crippen LogP contribution in [0.1, 0.15) is 15.9 Å². The number of ether oxygens (including phenoxy) is 1. The van der Waals surface area contributed by atoms with Gasteiger partial charge in [0.05, 0.1) is 9.85 Å². The Labute approximate surface area is 202 Å². The van der Waals surface area contributed by atoms with Crippen molar-refractivity contribution in [2.45, 2.75) is 0 Å². The summed E-state index contributed by atoms with van der Waals surface area (Å²) in [5.41, 5.74) is -1.16. The topological polar surface area (TPSA) is 165 Å². The van der Waals surface area contributed by atoms with Crippen molar-refractivity contribution in [1.82, 2.24) is 0 Å². The van der Waals surface area contributed by atoms with Crippen LogP contribution in [0.2, 0.25) is 5.02 Å². The fraction of sp³-hybridized carbons (Fsp3) is 0. The predicted octanol–water partition coefficient (Wildman–Crippen LogP) is 4.92. The zero-order valence-corrected chi connectivity index (χ0v) is 18.3. The second-order valence-corrected chi connectivity index (χ2v) is 7.21. The first-order chi connectivity index (χ1) is 16.7. The van der Waals surface area contributed by atoms with Gasteiger partial charge < -0.3 is 10.1 Å². The highest BCUT2D eigenvalue weighted by atomic mass is 35.5. The second kappa shape index (κ2) is 10.7. The first kappa shape index (κ1) is 24.6. The number of benzene rings is 3. The van der Waals surface area contributed by atoms with Crippen LogP contribution < -0.4 is 10.1 Å². The van der Waals surface area contributed by atoms with Crippen molar-refractivity contribution in [3.63, 3.8) is 0 Å². The molecule has 0 fully saturated rings. The van der Waals surface area contributed by atoms with Gasteiger partial charge in [-0.3, -0.25) is 25.0 Å². The average molecular weight is 493 g/mol. The molecular weight excluding hydrogens is 480 g/mol. The van der Waals surface area contributed by atoms with E-state index in [2.05, 4.69) is 5.32 Å². The van der Waals surface area contributed by atoms with Crippen molar-refractivity contribution < 1.29 is 24.2 Å². The number of carbonyl (C=O) groups is 2. The maximum Gasteiger partial charge on any atom is 0.350 e. The van der Waals surface area contributed by atoms with Gasteiger partial charge in [-0.05, 0) is 42.0 Å². The Balaban J connectivity index is 1.76. The van der Waals surface area contributed by atoms with E-state index in [1.54, 1.807) is 6.07 Å². The third kappa shape index (κ3) is 6.04. The standard InChI is InChI=1S/C23H13ClN4O7/c24-16-7-10-19(21(12-16)28(33)34)26-22(29)15(13-25)11-14-5-8-17(9-6-14)35-23(30)18-3-1-2-4-20(18)27(31)32/h1-12H,(H,26,29)/b15-11+. The number of halogens is 1. The first-order valence-corrected chi connectivity index (χ1v) is 10.00. The van der Waals surface area contributed by atoms with Crippen LogP contribution in [0.3, 0.4) is 0 Å². The third-order valence-corrected chi connectivity index (χ3v) is 4.73. The number of nitro benzene ring substituents is 2. The molecule has 11 nitrogen and oxygen atoms in total. The summed E-state index contributed by atoms with van der Waals surface area (Å²) in [4.78, 5) is 45.6. The van der Waals surface area contributed by atoms with Gasteiger partial charge in [0.2, 0.25) is 0 Å². The van der Waals surface area contributed by atoms with E-state index in [0.29, 0.717) is 5.56 Å². The number of amides is 1. The zero-order valence-electron chi connectivity index (χ0n) is 17.5. The quantitative estimate of drug-likeness (QED) is 0.121. The highest BCUT2D eigenvalue weighted by molar-refractivity contribution is 6.31. The highest BCUT2D eigenvalue weighted by Crippen LogP contribution is 2.28. The van der Waals surface area contributed by atoms with Crippen molar-refractivity contribution in [3.05, 3.63) is 109 Å². The van der Waals surface area contributed by atoms with E-state index in [1.807, 2.05) is 0 Å². The lowest BCUT2D eigenvalue weighted by atomic mass is 10.1. The molecule has 12 heteroatoms. The lowest BCUT2D eigenvalue weighted by Crippen LogP contribution is -2.14. The Morgan fingerprint density at radius 2 is 1.63 bits per heavy atom. The van der Waals surface area contributed by atoms with Crippen molar-refractivity contribution in [2.75, 3.05) is 5.32 Å². The minimum absolute atomic E-state index is 0.0741. The molecule has 0 aliphatic carbocycles. The monoisotopic (exact) mass is 492 g/mol. The van der Waals surface area contributed by atoms with E-state index in [9.17, 15) is 35.1 Å². The molecule has 0 spiro atoms. The van der Waals surface area contributed by atoms with Crippen LogP contribution in [-0.2, 0) is 4.79 Å². The molecule has 0 aliphatic rings. The van der Waals surface area contributed by atoms with Gasteiger partial charge in [0.15, 0.2) is 0 Å². The van der Waals surface area contributed by atoms with E-state index >= 15 is 0 Å². The van der Waals surface area contributed by atoms with Crippen LogP contribution in [0, 0.1) is 31.6 Å². The van der Waals surface area contributed by atoms with Crippen LogP contribution in [0.5, 0.6) is 5.75 Å². The molecule has 0 saturated heterocycles. The number of nitro groups is 2. The molecule has 0 saturated carbocycles. The fourth-order valence-electron chi connectivity index (χ4n) is 2.87. The molecule has 0 radical (unpaired) electrons. The van der Waals surface area contributed by atoms with Gasteiger partial charge in [-0.2, -0.15) is 5.26 Å². The summed E-state index contributed by atoms with van der Waals surface area (Å²) < 4.78 is 5.17. The van der Waals surface area contributed by atoms with Gasteiger partial charge in [-0.1, -0.05) is 35.9 Å². The van der Waals surface area contributed by atoms with Crippen LogP contribution in [0.15, 0.2) is 72.3 Å². The lowest BCUT2D eigenvalue weighted by molar-refractivity contribution is -0.385. The first-order valence-electron chi connectivity index (χ1n) is 9.62. The smallest absolute Gasteiger partial charge is 0.350 e. The van der Waals surface area contributed by atoms with Crippen LogP contribution in [0.4, 0.5) is 17.1 Å². The maximum atomic E-state index is 12.5. The number of nitrogens with one attached hydrogen (secondary N) is 1. The number of para-hydroxylation sites is 1. The minimum Gasteiger partial charge on any atom is -0.423 e. The summed E-state index contributed by atoms with van der Waals surface area (Å²) in [5.74, 6) is -1.74. The normalized spacial score (nSPS) is 10.7. The Bertz CT molecular complexity index is 1410. The Morgan fingerprint density at radius 3 is 2.26 bits per heavy atom. The molecule has 35 heavy (non-hydrogen) atoms. The highest BCUT2D eigenvalue weighted by Gasteiger charge is 2.21. The van der Waals surface area contributed by atoms with Crippen molar-refractivity contribution in [3.8, 4) is 11.8 Å². The molecule has 0 aromatic heterocycles. The van der Waals surface area contributed by atoms with E-state index in [4.69, 9.17) is 16.3 Å². The van der Waals surface area contributed by atoms with Crippen molar-refractivity contribution >= 4 is 46.6 Å². The number of hydrogen-bond donors (Lipinski definition) is 1. The van der Waals surface area contributed by atoms with Gasteiger partial charge in [-0.25, -0.2) is 4.79 Å². The van der Waals surface area contributed by atoms with Gasteiger partial charge in [-0.15, -0.1) is 0 Å². The molecular formula is C23H13ClN4O7. The largest absolute Gasteiger partial charge is 0.423 e. The molecule has 174 valence electrons. The van der Waals surface area contributed by atoms with Crippen molar-refractivity contribution in [1.29, 1.82) is 5.26 Å². The zero-order chi connectivity index (χ0) is 25.5. The molecule has 0 unspecified atom stereocenters. The molecule has 1 N–H and O–H groups in total. The maximum absolute atomic E-state index is 12.5. The number of nitrogens with zero attached hydrogens (tertiary/aromatic N) is 3. The van der Waals surface area contributed by atoms with E-state index in [0.717, 1.165) is 6.07 Å². The Hall–Kier alpha value is -5.08. The minimum atomic E-state index is -0.928. The number of anilines is 1. The van der Waals surface area contributed by atoms with E-state index in [-0.39, 0.29) is 27.6 Å². The number of esters is 1. The molecule has 3 aromatic carbocycles. The number of rotatable bonds is 7. The summed E-state index contributed by atoms with van der Waals surface area (Å²) in [5, 5.41) is 34.0. The second-order valence-electron chi connectivity index (χ2n) is 6.78. The molecule has 3 aromatic rings. The summed E-state index contributed by atoms with van der Waals surface area (Å²) in [6, 6.07) is 16.3. The SMILES string of the molecule is N#C/C(=C\c1ccc(OC(=O)c2ccccc2[N+](=O)[O-])cc1)C(=O)Nc1ccc(Cl)cc1[N+](=O)[O-]. The predicted molar refractivity (Wildman–Crippen MR) is 125 cm³/mol. The van der Waals surface area contributed by atoms with Gasteiger partial charge in [0.1, 0.15) is 28.6 Å². The summed E-state index contributed by atoms with van der Waals surface area (Å²) in [6.45, 7) is 0. The molecule has 0 bridgehead atoms. The summed E-state index contributed by atoms with van der Waals surface area (Å²) in [7, 11) is 0. The fourth-order valence-corrected chi connectivity index (χ4v) is 3.03. The van der Waals surface area contributed by atoms with Crippen LogP contribution in [0.25, 0.3) is 6.08 Å². The number of carbonyl (C=O) groups excluding carboxylic acids is 2.